The molecule has 9 aromatic carbocycles. The van der Waals surface area contributed by atoms with Gasteiger partial charge in [0.05, 0.1) is 48.1 Å². The highest BCUT2D eigenvalue weighted by Gasteiger charge is 2.21. The fourth-order valence-corrected chi connectivity index (χ4v) is 8.26. The Bertz CT molecular complexity index is 5020. The first-order chi connectivity index (χ1) is 39.1. The molecule has 6 nitrogen and oxygen atoms in total. The van der Waals surface area contributed by atoms with E-state index in [4.69, 9.17) is 35.8 Å². The van der Waals surface area contributed by atoms with E-state index >= 15 is 0 Å². The molecule has 4 heterocycles. The fraction of sp³-hybridized carbons (Fsp3) is 0. The smallest absolute Gasteiger partial charge is 0.240 e. The minimum atomic E-state index is -0.811. The lowest BCUT2D eigenvalue weighted by Crippen LogP contribution is -2.10. The molecule has 0 spiro atoms. The lowest BCUT2D eigenvalue weighted by molar-refractivity contribution is 0.669. The van der Waals surface area contributed by atoms with Crippen LogP contribution in [0, 0.1) is 0 Å². The third-order valence-corrected chi connectivity index (χ3v) is 11.1. The SMILES string of the molecule is [2H]c1cc([2H])c2c(c1[2H])c1c([2H])c([2H])c([2H])c([2H])c1n2-c1nc(-c2ccc(-c3cccc(-c4cccc5oc6ccccc6c45)c3)cc2)nc(-n2c3c([2H])c([2H])c([2H])c([2H])c3c3c([2H])c([2H])c(-c4c([2H])c([2H])c([2H])c([2H])c4[2H])c([2H])c32)n1. The van der Waals surface area contributed by atoms with Crippen molar-refractivity contribution in [1.29, 1.82) is 0 Å². The van der Waals surface area contributed by atoms with Gasteiger partial charge >= 0.3 is 0 Å². The van der Waals surface area contributed by atoms with E-state index in [1.807, 2.05) is 66.7 Å². The minimum absolute atomic E-state index is 0.194. The maximum absolute atomic E-state index is 9.90. The van der Waals surface area contributed by atoms with E-state index in [-0.39, 0.29) is 44.0 Å². The van der Waals surface area contributed by atoms with Crippen LogP contribution in [0.1, 0.15) is 26.0 Å². The third-order valence-electron chi connectivity index (χ3n) is 11.1. The molecule has 4 aromatic heterocycles. The second-order valence-corrected chi connectivity index (χ2v) is 14.6. The Balaban J connectivity index is 1.13. The molecule has 0 radical (unpaired) electrons. The number of fused-ring (bicyclic) bond motifs is 9. The van der Waals surface area contributed by atoms with Crippen LogP contribution in [0.3, 0.4) is 0 Å². The van der Waals surface area contributed by atoms with Gasteiger partial charge in [0, 0.05) is 37.9 Å². The zero-order valence-corrected chi connectivity index (χ0v) is 32.4. The molecular formula is C57H35N5O. The maximum Gasteiger partial charge on any atom is 0.240 e. The molecule has 0 bridgehead atoms. The lowest BCUT2D eigenvalue weighted by Gasteiger charge is -2.13. The van der Waals surface area contributed by atoms with Crippen LogP contribution in [-0.2, 0) is 0 Å². The number of para-hydroxylation sites is 4. The lowest BCUT2D eigenvalue weighted by atomic mass is 9.95. The normalized spacial score (nSPS) is 16.0. The number of aromatic nitrogens is 5. The first-order valence-corrected chi connectivity index (χ1v) is 19.6. The van der Waals surface area contributed by atoms with Crippen molar-refractivity contribution >= 4 is 65.6 Å². The van der Waals surface area contributed by atoms with Crippen molar-refractivity contribution in [3.05, 3.63) is 212 Å². The van der Waals surface area contributed by atoms with E-state index in [2.05, 4.69) is 0 Å². The molecule has 0 N–H and O–H groups in total. The minimum Gasteiger partial charge on any atom is -0.456 e. The number of hydrogen-bond acceptors (Lipinski definition) is 4. The van der Waals surface area contributed by atoms with E-state index < -0.39 is 149 Å². The van der Waals surface area contributed by atoms with Crippen molar-refractivity contribution < 1.29 is 30.5 Å². The standard InChI is InChI=1S/C57H35N5O/c1-2-14-36(15-3-1)40-32-33-46-45-20-6-10-25-50(45)62(51(46)35-40)57-59-55(58-56(60-57)61-48-23-8-4-18-43(48)44-19-5-9-24-49(44)61)38-30-28-37(29-31-38)39-16-12-17-41(34-39)42-22-13-27-53-54(42)47-21-7-11-26-52(47)63-53/h1-35H/i1D,2D,3D,4D,5D,6D,8D,10D,14D,15D,18D,19D,20D,23D,24D,25D,32D,33D,35D. The molecule has 6 heteroatoms. The topological polar surface area (TPSA) is 61.7 Å². The van der Waals surface area contributed by atoms with Crippen LogP contribution in [0.15, 0.2) is 216 Å². The summed E-state index contributed by atoms with van der Waals surface area (Å²) >= 11 is 0. The van der Waals surface area contributed by atoms with Crippen LogP contribution in [0.4, 0.5) is 0 Å². The third kappa shape index (κ3) is 5.62. The van der Waals surface area contributed by atoms with Crippen molar-refractivity contribution in [3.8, 4) is 56.7 Å². The predicted molar refractivity (Wildman–Crippen MR) is 258 cm³/mol. The van der Waals surface area contributed by atoms with Crippen molar-refractivity contribution in [2.24, 2.45) is 0 Å². The molecule has 0 saturated heterocycles. The highest BCUT2D eigenvalue weighted by Crippen LogP contribution is 2.39. The summed E-state index contributed by atoms with van der Waals surface area (Å²) in [7, 11) is 0. The first kappa shape index (κ1) is 21.3. The molecular weight excluding hydrogens is 771 g/mol. The summed E-state index contributed by atoms with van der Waals surface area (Å²) in [6, 6.07) is 16.3. The molecule has 0 aliphatic heterocycles. The van der Waals surface area contributed by atoms with Gasteiger partial charge in [-0.25, -0.2) is 0 Å². The second-order valence-electron chi connectivity index (χ2n) is 14.6. The molecule has 0 unspecified atom stereocenters. The van der Waals surface area contributed by atoms with Crippen LogP contribution in [0.5, 0.6) is 0 Å². The van der Waals surface area contributed by atoms with Crippen molar-refractivity contribution in [1.82, 2.24) is 24.1 Å². The van der Waals surface area contributed by atoms with E-state index in [0.29, 0.717) is 0 Å². The van der Waals surface area contributed by atoms with Crippen LogP contribution >= 0.6 is 0 Å². The number of nitrogens with zero attached hydrogens (tertiary/aromatic N) is 5. The van der Waals surface area contributed by atoms with E-state index in [1.165, 1.54) is 0 Å². The van der Waals surface area contributed by atoms with Gasteiger partial charge in [-0.1, -0.05) is 169 Å². The summed E-state index contributed by atoms with van der Waals surface area (Å²) in [5, 5.41) is 0.692. The van der Waals surface area contributed by atoms with Crippen LogP contribution in [0.2, 0.25) is 0 Å². The molecule has 0 aliphatic carbocycles. The molecule has 13 rings (SSSR count). The molecule has 0 saturated carbocycles. The van der Waals surface area contributed by atoms with Gasteiger partial charge in [0.2, 0.25) is 11.9 Å². The van der Waals surface area contributed by atoms with E-state index in [0.717, 1.165) is 59.4 Å². The Morgan fingerprint density at radius 1 is 0.381 bits per heavy atom. The van der Waals surface area contributed by atoms with E-state index in [1.54, 1.807) is 24.3 Å². The van der Waals surface area contributed by atoms with Gasteiger partial charge in [0.15, 0.2) is 5.82 Å². The largest absolute Gasteiger partial charge is 0.456 e. The van der Waals surface area contributed by atoms with Crippen molar-refractivity contribution in [2.45, 2.75) is 0 Å². The van der Waals surface area contributed by atoms with Gasteiger partial charge < -0.3 is 4.42 Å². The summed E-state index contributed by atoms with van der Waals surface area (Å²) in [5.74, 6) is -1.23. The molecule has 0 aliphatic rings. The van der Waals surface area contributed by atoms with Gasteiger partial charge in [-0.05, 0) is 75.7 Å². The fourth-order valence-electron chi connectivity index (χ4n) is 8.26. The van der Waals surface area contributed by atoms with Crippen molar-refractivity contribution in [3.63, 3.8) is 0 Å². The average molecular weight is 825 g/mol. The Morgan fingerprint density at radius 2 is 1.00 bits per heavy atom. The quantitative estimate of drug-likeness (QED) is 0.168. The van der Waals surface area contributed by atoms with Gasteiger partial charge in [-0.2, -0.15) is 15.0 Å². The summed E-state index contributed by atoms with van der Waals surface area (Å²) in [6.07, 6.45) is 0. The van der Waals surface area contributed by atoms with Gasteiger partial charge in [-0.15, -0.1) is 0 Å². The zero-order valence-electron chi connectivity index (χ0n) is 51.4. The maximum atomic E-state index is 9.90. The highest BCUT2D eigenvalue weighted by atomic mass is 16.3. The van der Waals surface area contributed by atoms with Crippen LogP contribution in [0.25, 0.3) is 122 Å². The number of hydrogen-bond donors (Lipinski definition) is 0. The number of benzene rings is 9. The predicted octanol–water partition coefficient (Wildman–Crippen LogP) is 14.6. The number of furan rings is 1. The summed E-state index contributed by atoms with van der Waals surface area (Å²) in [4.78, 5) is 14.6. The average Bonchev–Trinajstić information content (AvgIpc) is 2.15. The Labute approximate surface area is 388 Å². The molecule has 0 fully saturated rings. The summed E-state index contributed by atoms with van der Waals surface area (Å²) in [6.45, 7) is 0. The van der Waals surface area contributed by atoms with E-state index in [9.17, 15) is 9.60 Å². The Hall–Kier alpha value is -8.61. The Kier molecular flexibility index (Phi) is 4.72. The molecule has 13 aromatic rings. The molecule has 0 amide bonds. The van der Waals surface area contributed by atoms with Gasteiger partial charge in [0.25, 0.3) is 0 Å². The first-order valence-electron chi connectivity index (χ1n) is 29.1. The monoisotopic (exact) mass is 824 g/mol. The highest BCUT2D eigenvalue weighted by molar-refractivity contribution is 6.13. The summed E-state index contributed by atoms with van der Waals surface area (Å²) < 4.78 is 179. The molecule has 0 atom stereocenters. The van der Waals surface area contributed by atoms with Crippen molar-refractivity contribution in [2.75, 3.05) is 0 Å². The van der Waals surface area contributed by atoms with Gasteiger partial charge in [0.1, 0.15) is 11.2 Å². The summed E-state index contributed by atoms with van der Waals surface area (Å²) in [5.41, 5.74) is 2.48. The van der Waals surface area contributed by atoms with Gasteiger partial charge in [-0.3, -0.25) is 9.13 Å². The Morgan fingerprint density at radius 3 is 1.79 bits per heavy atom. The number of rotatable bonds is 6. The zero-order chi connectivity index (χ0) is 58.0. The van der Waals surface area contributed by atoms with Crippen LogP contribution < -0.4 is 0 Å². The second kappa shape index (κ2) is 14.0. The molecule has 294 valence electrons. The van der Waals surface area contributed by atoms with Crippen LogP contribution in [-0.4, -0.2) is 24.1 Å². The molecule has 63 heavy (non-hydrogen) atoms.